The van der Waals surface area contributed by atoms with Crippen molar-refractivity contribution >= 4 is 5.91 Å². The first-order chi connectivity index (χ1) is 9.17. The molecule has 1 aromatic rings. The summed E-state index contributed by atoms with van der Waals surface area (Å²) < 4.78 is 10.4. The van der Waals surface area contributed by atoms with E-state index in [9.17, 15) is 4.79 Å². The molecule has 5 nitrogen and oxygen atoms in total. The van der Waals surface area contributed by atoms with Gasteiger partial charge in [-0.3, -0.25) is 4.79 Å². The lowest BCUT2D eigenvalue weighted by molar-refractivity contribution is 0.0930. The third kappa shape index (κ3) is 3.86. The van der Waals surface area contributed by atoms with Crippen molar-refractivity contribution in [3.63, 3.8) is 0 Å². The fraction of sp³-hybridized carbons (Fsp3) is 0.500. The summed E-state index contributed by atoms with van der Waals surface area (Å²) in [4.78, 5) is 12.3. The highest BCUT2D eigenvalue weighted by atomic mass is 16.5. The second kappa shape index (κ2) is 7.63. The van der Waals surface area contributed by atoms with Gasteiger partial charge in [-0.25, -0.2) is 0 Å². The van der Waals surface area contributed by atoms with Gasteiger partial charge in [0.2, 0.25) is 0 Å². The van der Waals surface area contributed by atoms with E-state index in [1.807, 2.05) is 0 Å². The van der Waals surface area contributed by atoms with E-state index >= 15 is 0 Å². The Morgan fingerprint density at radius 1 is 1.32 bits per heavy atom. The van der Waals surface area contributed by atoms with Crippen molar-refractivity contribution in [2.24, 2.45) is 5.73 Å². The predicted molar refractivity (Wildman–Crippen MR) is 74.8 cm³/mol. The van der Waals surface area contributed by atoms with Gasteiger partial charge in [0.25, 0.3) is 5.91 Å². The molecule has 0 saturated heterocycles. The molecule has 19 heavy (non-hydrogen) atoms. The number of nitrogens with two attached hydrogens (primary N) is 1. The lowest BCUT2D eigenvalue weighted by atomic mass is 10.1. The van der Waals surface area contributed by atoms with Crippen LogP contribution in [0.3, 0.4) is 0 Å². The fourth-order valence-electron chi connectivity index (χ4n) is 1.93. The third-order valence-electron chi connectivity index (χ3n) is 2.91. The number of hydrogen-bond donors (Lipinski definition) is 2. The Balaban J connectivity index is 2.97. The van der Waals surface area contributed by atoms with Crippen LogP contribution in [-0.2, 0) is 0 Å². The number of rotatable bonds is 7. The van der Waals surface area contributed by atoms with Crippen molar-refractivity contribution in [3.8, 4) is 11.5 Å². The summed E-state index contributed by atoms with van der Waals surface area (Å²) >= 11 is 0. The van der Waals surface area contributed by atoms with Gasteiger partial charge < -0.3 is 20.5 Å². The van der Waals surface area contributed by atoms with Crippen LogP contribution >= 0.6 is 0 Å². The molecule has 0 spiro atoms. The van der Waals surface area contributed by atoms with Gasteiger partial charge in [0.05, 0.1) is 14.2 Å². The summed E-state index contributed by atoms with van der Waals surface area (Å²) in [5, 5.41) is 2.91. The minimum Gasteiger partial charge on any atom is -0.496 e. The number of ether oxygens (including phenoxy) is 2. The van der Waals surface area contributed by atoms with Crippen LogP contribution in [-0.4, -0.2) is 32.7 Å². The minimum atomic E-state index is -0.224. The molecule has 1 amide bonds. The van der Waals surface area contributed by atoms with E-state index in [2.05, 4.69) is 12.2 Å². The molecule has 0 fully saturated rings. The fourth-order valence-corrected chi connectivity index (χ4v) is 1.93. The monoisotopic (exact) mass is 266 g/mol. The molecule has 3 N–H and O–H groups in total. The number of benzene rings is 1. The Morgan fingerprint density at radius 2 is 1.89 bits per heavy atom. The standard InChI is InChI=1S/C14H22N2O3/c1-4-6-10(9-15)16-14(17)13-11(18-2)7-5-8-12(13)19-3/h5,7-8,10H,4,6,9,15H2,1-3H3,(H,16,17). The molecule has 0 aromatic heterocycles. The van der Waals surface area contributed by atoms with E-state index in [-0.39, 0.29) is 11.9 Å². The summed E-state index contributed by atoms with van der Waals surface area (Å²) in [7, 11) is 3.05. The van der Waals surface area contributed by atoms with Crippen LogP contribution in [0.2, 0.25) is 0 Å². The third-order valence-corrected chi connectivity index (χ3v) is 2.91. The van der Waals surface area contributed by atoms with E-state index in [0.717, 1.165) is 12.8 Å². The molecule has 0 saturated carbocycles. The molecule has 1 rings (SSSR count). The number of carbonyl (C=O) groups is 1. The molecule has 0 aliphatic heterocycles. The van der Waals surface area contributed by atoms with Crippen molar-refractivity contribution in [2.45, 2.75) is 25.8 Å². The number of carbonyl (C=O) groups excluding carboxylic acids is 1. The highest BCUT2D eigenvalue weighted by Gasteiger charge is 2.20. The average Bonchev–Trinajstić information content (AvgIpc) is 2.45. The molecule has 1 atom stereocenters. The second-order valence-electron chi connectivity index (χ2n) is 4.23. The topological polar surface area (TPSA) is 73.6 Å². The number of amides is 1. The molecule has 0 aliphatic rings. The van der Waals surface area contributed by atoms with Crippen LogP contribution in [0.1, 0.15) is 30.1 Å². The van der Waals surface area contributed by atoms with Gasteiger partial charge in [-0.1, -0.05) is 19.4 Å². The summed E-state index contributed by atoms with van der Waals surface area (Å²) in [6, 6.07) is 5.21. The molecule has 0 bridgehead atoms. The molecule has 5 heteroatoms. The zero-order chi connectivity index (χ0) is 14.3. The molecular formula is C14H22N2O3. The van der Waals surface area contributed by atoms with Crippen LogP contribution in [0.4, 0.5) is 0 Å². The van der Waals surface area contributed by atoms with Crippen LogP contribution in [0.5, 0.6) is 11.5 Å². The number of hydrogen-bond acceptors (Lipinski definition) is 4. The Bertz CT molecular complexity index is 399. The van der Waals surface area contributed by atoms with Crippen molar-refractivity contribution in [3.05, 3.63) is 23.8 Å². The van der Waals surface area contributed by atoms with Crippen LogP contribution in [0.15, 0.2) is 18.2 Å². The number of nitrogens with one attached hydrogen (secondary N) is 1. The van der Waals surface area contributed by atoms with Crippen molar-refractivity contribution in [1.82, 2.24) is 5.32 Å². The minimum absolute atomic E-state index is 0.0351. The van der Waals surface area contributed by atoms with E-state index in [1.54, 1.807) is 18.2 Å². The van der Waals surface area contributed by atoms with Crippen molar-refractivity contribution in [1.29, 1.82) is 0 Å². The van der Waals surface area contributed by atoms with Gasteiger partial charge in [-0.05, 0) is 18.6 Å². The van der Waals surface area contributed by atoms with E-state index in [1.165, 1.54) is 14.2 Å². The Morgan fingerprint density at radius 3 is 2.32 bits per heavy atom. The summed E-state index contributed by atoms with van der Waals surface area (Å²) in [6.07, 6.45) is 1.81. The first-order valence-corrected chi connectivity index (χ1v) is 6.39. The normalized spacial score (nSPS) is 11.8. The predicted octanol–water partition coefficient (Wildman–Crippen LogP) is 1.56. The Hall–Kier alpha value is -1.75. The van der Waals surface area contributed by atoms with Crippen LogP contribution in [0, 0.1) is 0 Å². The van der Waals surface area contributed by atoms with E-state index in [4.69, 9.17) is 15.2 Å². The molecular weight excluding hydrogens is 244 g/mol. The molecule has 0 heterocycles. The maximum absolute atomic E-state index is 12.3. The van der Waals surface area contributed by atoms with Gasteiger partial charge in [-0.2, -0.15) is 0 Å². The van der Waals surface area contributed by atoms with Gasteiger partial charge in [-0.15, -0.1) is 0 Å². The first-order valence-electron chi connectivity index (χ1n) is 6.39. The van der Waals surface area contributed by atoms with Gasteiger partial charge >= 0.3 is 0 Å². The molecule has 1 unspecified atom stereocenters. The molecule has 0 radical (unpaired) electrons. The summed E-state index contributed by atoms with van der Waals surface area (Å²) in [6.45, 7) is 2.47. The Kier molecular flexibility index (Phi) is 6.15. The van der Waals surface area contributed by atoms with E-state index < -0.39 is 0 Å². The van der Waals surface area contributed by atoms with Gasteiger partial charge in [0, 0.05) is 12.6 Å². The van der Waals surface area contributed by atoms with Crippen LogP contribution < -0.4 is 20.5 Å². The van der Waals surface area contributed by atoms with Crippen LogP contribution in [0.25, 0.3) is 0 Å². The quantitative estimate of drug-likeness (QED) is 0.785. The molecule has 106 valence electrons. The summed E-state index contributed by atoms with van der Waals surface area (Å²) in [5.74, 6) is 0.756. The van der Waals surface area contributed by atoms with E-state index in [0.29, 0.717) is 23.6 Å². The van der Waals surface area contributed by atoms with Crippen molar-refractivity contribution in [2.75, 3.05) is 20.8 Å². The highest BCUT2D eigenvalue weighted by Crippen LogP contribution is 2.28. The maximum atomic E-state index is 12.3. The molecule has 1 aromatic carbocycles. The zero-order valence-corrected chi connectivity index (χ0v) is 11.7. The maximum Gasteiger partial charge on any atom is 0.259 e. The average molecular weight is 266 g/mol. The first kappa shape index (κ1) is 15.3. The van der Waals surface area contributed by atoms with Crippen molar-refractivity contribution < 1.29 is 14.3 Å². The lowest BCUT2D eigenvalue weighted by Gasteiger charge is -2.18. The Labute approximate surface area is 114 Å². The number of methoxy groups -OCH3 is 2. The largest absolute Gasteiger partial charge is 0.496 e. The second-order valence-corrected chi connectivity index (χ2v) is 4.23. The molecule has 0 aliphatic carbocycles. The highest BCUT2D eigenvalue weighted by molar-refractivity contribution is 5.99. The van der Waals surface area contributed by atoms with Gasteiger partial charge in [0.15, 0.2) is 0 Å². The SMILES string of the molecule is CCCC(CN)NC(=O)c1c(OC)cccc1OC. The summed E-state index contributed by atoms with van der Waals surface area (Å²) in [5.41, 5.74) is 6.05. The van der Waals surface area contributed by atoms with Gasteiger partial charge in [0.1, 0.15) is 17.1 Å². The smallest absolute Gasteiger partial charge is 0.259 e. The lowest BCUT2D eigenvalue weighted by Crippen LogP contribution is -2.40. The zero-order valence-electron chi connectivity index (χ0n) is 11.7.